The lowest BCUT2D eigenvalue weighted by Crippen LogP contribution is -2.39. The first-order valence-corrected chi connectivity index (χ1v) is 12.3. The number of benzene rings is 1. The van der Waals surface area contributed by atoms with Crippen molar-refractivity contribution >= 4 is 27.1 Å². The van der Waals surface area contributed by atoms with Gasteiger partial charge in [0.25, 0.3) is 0 Å². The summed E-state index contributed by atoms with van der Waals surface area (Å²) in [4.78, 5) is 17.7. The highest BCUT2D eigenvalue weighted by molar-refractivity contribution is 7.98. The molecule has 2 aromatic heterocycles. The molecule has 9 nitrogen and oxygen atoms in total. The van der Waals surface area contributed by atoms with Crippen LogP contribution in [0.2, 0.25) is 0 Å². The van der Waals surface area contributed by atoms with Crippen molar-refractivity contribution in [3.8, 4) is 23.1 Å². The van der Waals surface area contributed by atoms with Crippen LogP contribution in [-0.4, -0.2) is 68.4 Å². The molecule has 1 aromatic carbocycles. The minimum atomic E-state index is -2.41. The van der Waals surface area contributed by atoms with E-state index in [4.69, 9.17) is 15.1 Å². The summed E-state index contributed by atoms with van der Waals surface area (Å²) in [5, 5.41) is 16.7. The maximum Gasteiger partial charge on any atom is 0.234 e. The molecule has 0 saturated heterocycles. The number of nitriles is 1. The third-order valence-corrected chi connectivity index (χ3v) is 8.14. The van der Waals surface area contributed by atoms with Crippen molar-refractivity contribution in [3.63, 3.8) is 0 Å². The Kier molecular flexibility index (Phi) is 5.86. The molecule has 0 bridgehead atoms. The summed E-state index contributed by atoms with van der Waals surface area (Å²) in [6.07, 6.45) is 1.27. The molecule has 33 heavy (non-hydrogen) atoms. The van der Waals surface area contributed by atoms with Gasteiger partial charge in [-0.3, -0.25) is 9.00 Å². The second-order valence-electron chi connectivity index (χ2n) is 8.27. The molecule has 4 rings (SSSR count). The fourth-order valence-electron chi connectivity index (χ4n) is 3.59. The lowest BCUT2D eigenvalue weighted by molar-refractivity contribution is -0.123. The van der Waals surface area contributed by atoms with Crippen LogP contribution in [0, 0.1) is 11.3 Å². The number of nitrogens with zero attached hydrogens (tertiary/aromatic N) is 5. The highest BCUT2D eigenvalue weighted by Gasteiger charge is 2.54. The average Bonchev–Trinajstić information content (AvgIpc) is 3.50. The van der Waals surface area contributed by atoms with Gasteiger partial charge < -0.3 is 10.1 Å². The van der Waals surface area contributed by atoms with Crippen LogP contribution in [0.15, 0.2) is 36.4 Å². The molecule has 2 heterocycles. The standard InChI is InChI=1S/C23H26N6O3S/c1-28(2)33(4,31)14-13-25-22(30)23(11-12-23)21-26-20-19(32-3)10-9-18(29(20)27-21)17-7-5-16(15-24)6-8-17/h5-10H,4,11-14H2,1-3H3,(H,25,30). The van der Waals surface area contributed by atoms with E-state index in [1.54, 1.807) is 42.2 Å². The maximum atomic E-state index is 13.1. The molecular formula is C23H26N6O3S. The first-order valence-electron chi connectivity index (χ1n) is 10.5. The number of hydrogen-bond acceptors (Lipinski definition) is 6. The highest BCUT2D eigenvalue weighted by Crippen LogP contribution is 2.47. The molecule has 10 heteroatoms. The van der Waals surface area contributed by atoms with Gasteiger partial charge in [0, 0.05) is 27.6 Å². The fraction of sp³-hybridized carbons (Fsp3) is 0.348. The van der Waals surface area contributed by atoms with Crippen LogP contribution >= 0.6 is 0 Å². The summed E-state index contributed by atoms with van der Waals surface area (Å²) >= 11 is 0. The summed E-state index contributed by atoms with van der Waals surface area (Å²) in [6.45, 7) is 0.258. The SMILES string of the molecule is C=S(=O)(CCNC(=O)C1(c2nc3c(OC)ccc(-c4ccc(C#N)cc4)n3n2)CC1)N(C)C. The number of aromatic nitrogens is 3. The topological polar surface area (TPSA) is 113 Å². The van der Waals surface area contributed by atoms with E-state index in [0.717, 1.165) is 11.3 Å². The van der Waals surface area contributed by atoms with Gasteiger partial charge in [0.1, 0.15) is 5.41 Å². The van der Waals surface area contributed by atoms with Gasteiger partial charge in [0.05, 0.1) is 24.4 Å². The van der Waals surface area contributed by atoms with Gasteiger partial charge in [-0.05, 0) is 57.1 Å². The molecule has 172 valence electrons. The van der Waals surface area contributed by atoms with E-state index < -0.39 is 15.1 Å². The van der Waals surface area contributed by atoms with Crippen LogP contribution in [0.4, 0.5) is 0 Å². The summed E-state index contributed by atoms with van der Waals surface area (Å²) < 4.78 is 21.1. The zero-order valence-corrected chi connectivity index (χ0v) is 19.7. The Morgan fingerprint density at radius 2 is 2.00 bits per heavy atom. The summed E-state index contributed by atoms with van der Waals surface area (Å²) in [7, 11) is 2.57. The van der Waals surface area contributed by atoms with Crippen LogP contribution in [0.3, 0.4) is 0 Å². The Balaban J connectivity index is 1.65. The number of rotatable bonds is 8. The number of hydrogen-bond donors (Lipinski definition) is 1. The monoisotopic (exact) mass is 466 g/mol. The Morgan fingerprint density at radius 1 is 1.30 bits per heavy atom. The molecule has 1 aliphatic carbocycles. The van der Waals surface area contributed by atoms with Crippen LogP contribution in [0.5, 0.6) is 5.75 Å². The Bertz CT molecular complexity index is 1350. The largest absolute Gasteiger partial charge is 0.493 e. The molecule has 1 atom stereocenters. The van der Waals surface area contributed by atoms with E-state index >= 15 is 0 Å². The van der Waals surface area contributed by atoms with E-state index in [9.17, 15) is 9.00 Å². The average molecular weight is 467 g/mol. The molecule has 3 aromatic rings. The van der Waals surface area contributed by atoms with Gasteiger partial charge in [0.15, 0.2) is 17.2 Å². The van der Waals surface area contributed by atoms with Gasteiger partial charge in [-0.1, -0.05) is 12.1 Å². The van der Waals surface area contributed by atoms with Gasteiger partial charge in [-0.2, -0.15) is 5.26 Å². The van der Waals surface area contributed by atoms with E-state index in [1.807, 2.05) is 24.3 Å². The number of carbonyl (C=O) groups is 1. The van der Waals surface area contributed by atoms with Crippen LogP contribution in [0.1, 0.15) is 24.2 Å². The van der Waals surface area contributed by atoms with Gasteiger partial charge in [-0.25, -0.2) is 13.8 Å². The summed E-state index contributed by atoms with van der Waals surface area (Å²) in [5.41, 5.74) is 1.91. The number of methoxy groups -OCH3 is 1. The van der Waals surface area contributed by atoms with E-state index in [1.165, 1.54) is 0 Å². The van der Waals surface area contributed by atoms with Gasteiger partial charge in [0.2, 0.25) is 5.91 Å². The van der Waals surface area contributed by atoms with E-state index in [-0.39, 0.29) is 18.2 Å². The molecule has 1 saturated carbocycles. The number of amides is 1. The predicted molar refractivity (Wildman–Crippen MR) is 127 cm³/mol. The number of pyridine rings is 1. The summed E-state index contributed by atoms with van der Waals surface area (Å²) in [5.74, 6) is 4.81. The van der Waals surface area contributed by atoms with Gasteiger partial charge >= 0.3 is 0 Å². The Hall–Kier alpha value is -3.42. The second kappa shape index (κ2) is 8.50. The molecule has 0 aliphatic heterocycles. The normalized spacial score (nSPS) is 16.2. The van der Waals surface area contributed by atoms with Crippen molar-refractivity contribution in [2.75, 3.05) is 33.5 Å². The van der Waals surface area contributed by atoms with Crippen LogP contribution in [0.25, 0.3) is 16.9 Å². The lowest BCUT2D eigenvalue weighted by Gasteiger charge is -2.18. The van der Waals surface area contributed by atoms with Crippen LogP contribution < -0.4 is 10.1 Å². The summed E-state index contributed by atoms with van der Waals surface area (Å²) in [6, 6.07) is 13.0. The Morgan fingerprint density at radius 3 is 2.58 bits per heavy atom. The lowest BCUT2D eigenvalue weighted by atomic mass is 10.1. The van der Waals surface area contributed by atoms with Crippen molar-refractivity contribution in [2.24, 2.45) is 0 Å². The Labute approximate surface area is 193 Å². The molecule has 1 fully saturated rings. The zero-order chi connectivity index (χ0) is 23.8. The minimum absolute atomic E-state index is 0.175. The third kappa shape index (κ3) is 4.17. The van der Waals surface area contributed by atoms with Crippen molar-refractivity contribution in [1.29, 1.82) is 5.26 Å². The van der Waals surface area contributed by atoms with Crippen LogP contribution in [-0.2, 0) is 19.9 Å². The molecule has 0 spiro atoms. The molecule has 1 N–H and O–H groups in total. The highest BCUT2D eigenvalue weighted by atomic mass is 32.2. The first-order chi connectivity index (χ1) is 15.7. The quantitative estimate of drug-likeness (QED) is 0.505. The van der Waals surface area contributed by atoms with Crippen molar-refractivity contribution < 1.29 is 13.7 Å². The third-order valence-electron chi connectivity index (χ3n) is 5.96. The van der Waals surface area contributed by atoms with E-state index in [0.29, 0.717) is 35.6 Å². The van der Waals surface area contributed by atoms with E-state index in [2.05, 4.69) is 22.2 Å². The maximum absolute atomic E-state index is 13.1. The number of carbonyl (C=O) groups excluding carboxylic acids is 1. The van der Waals surface area contributed by atoms with Gasteiger partial charge in [-0.15, -0.1) is 5.10 Å². The minimum Gasteiger partial charge on any atom is -0.493 e. The second-order valence-corrected chi connectivity index (χ2v) is 11.0. The molecule has 1 unspecified atom stereocenters. The molecule has 1 amide bonds. The van der Waals surface area contributed by atoms with Crippen molar-refractivity contribution in [2.45, 2.75) is 18.3 Å². The van der Waals surface area contributed by atoms with Crippen molar-refractivity contribution in [3.05, 3.63) is 47.8 Å². The van der Waals surface area contributed by atoms with Crippen molar-refractivity contribution in [1.82, 2.24) is 24.2 Å². The zero-order valence-electron chi connectivity index (χ0n) is 18.9. The molecule has 0 radical (unpaired) electrons. The number of fused-ring (bicyclic) bond motifs is 1. The predicted octanol–water partition coefficient (Wildman–Crippen LogP) is 1.62. The number of ether oxygens (including phenoxy) is 1. The smallest absolute Gasteiger partial charge is 0.234 e. The molecular weight excluding hydrogens is 440 g/mol. The molecule has 1 aliphatic rings. The first kappa shape index (κ1) is 22.8. The number of nitrogens with one attached hydrogen (secondary N) is 1. The fourth-order valence-corrected chi connectivity index (χ4v) is 4.37.